The van der Waals surface area contributed by atoms with Crippen LogP contribution in [0.15, 0.2) is 12.4 Å². The lowest BCUT2D eigenvalue weighted by molar-refractivity contribution is -0.146. The molecule has 1 fully saturated rings. The normalized spacial score (nSPS) is 25.6. The predicted molar refractivity (Wildman–Crippen MR) is 72.9 cm³/mol. The second-order valence-corrected chi connectivity index (χ2v) is 5.69. The maximum atomic E-state index is 12.1. The molecule has 0 radical (unpaired) electrons. The van der Waals surface area contributed by atoms with Gasteiger partial charge in [-0.25, -0.2) is 0 Å². The van der Waals surface area contributed by atoms with E-state index in [4.69, 9.17) is 5.11 Å². The molecular weight excluding hydrogens is 258 g/mol. The highest BCUT2D eigenvalue weighted by atomic mass is 16.4. The first-order chi connectivity index (χ1) is 9.47. The molecule has 110 valence electrons. The molecule has 1 amide bonds. The summed E-state index contributed by atoms with van der Waals surface area (Å²) in [6.45, 7) is 2.51. The van der Waals surface area contributed by atoms with Crippen LogP contribution >= 0.6 is 0 Å². The zero-order valence-electron chi connectivity index (χ0n) is 11.9. The third-order valence-corrected chi connectivity index (χ3v) is 3.92. The number of aromatic nitrogens is 2. The van der Waals surface area contributed by atoms with Crippen molar-refractivity contribution < 1.29 is 14.7 Å². The molecule has 1 saturated carbocycles. The molecule has 2 N–H and O–H groups in total. The van der Waals surface area contributed by atoms with Crippen molar-refractivity contribution in [2.45, 2.75) is 26.2 Å². The second kappa shape index (κ2) is 6.07. The lowest BCUT2D eigenvalue weighted by Gasteiger charge is -2.15. The summed E-state index contributed by atoms with van der Waals surface area (Å²) in [7, 11) is 1.85. The third kappa shape index (κ3) is 3.37. The van der Waals surface area contributed by atoms with E-state index in [0.717, 1.165) is 5.56 Å². The number of hydrogen-bond acceptors (Lipinski definition) is 3. The third-order valence-electron chi connectivity index (χ3n) is 3.92. The topological polar surface area (TPSA) is 84.2 Å². The minimum Gasteiger partial charge on any atom is -0.481 e. The number of amides is 1. The molecule has 0 bridgehead atoms. The summed E-state index contributed by atoms with van der Waals surface area (Å²) in [5.74, 6) is -1.63. The van der Waals surface area contributed by atoms with E-state index in [1.54, 1.807) is 10.9 Å². The first-order valence-electron chi connectivity index (χ1n) is 6.95. The van der Waals surface area contributed by atoms with Crippen molar-refractivity contribution >= 4 is 11.9 Å². The number of nitrogens with zero attached hydrogens (tertiary/aromatic N) is 2. The smallest absolute Gasteiger partial charge is 0.307 e. The van der Waals surface area contributed by atoms with E-state index in [-0.39, 0.29) is 5.91 Å². The molecule has 1 aromatic heterocycles. The second-order valence-electron chi connectivity index (χ2n) is 5.69. The molecule has 6 nitrogen and oxygen atoms in total. The number of carbonyl (C=O) groups is 2. The number of carboxylic acids is 1. The van der Waals surface area contributed by atoms with Crippen LogP contribution in [0.2, 0.25) is 0 Å². The Kier molecular flexibility index (Phi) is 4.42. The lowest BCUT2D eigenvalue weighted by Crippen LogP contribution is -2.36. The molecule has 6 heteroatoms. The van der Waals surface area contributed by atoms with Gasteiger partial charge < -0.3 is 10.4 Å². The first-order valence-corrected chi connectivity index (χ1v) is 6.95. The summed E-state index contributed by atoms with van der Waals surface area (Å²) in [5.41, 5.74) is 1.06. The first kappa shape index (κ1) is 14.6. The van der Waals surface area contributed by atoms with E-state index in [0.29, 0.717) is 31.7 Å². The van der Waals surface area contributed by atoms with E-state index in [2.05, 4.69) is 10.4 Å². The van der Waals surface area contributed by atoms with Crippen LogP contribution in [0, 0.1) is 17.8 Å². The van der Waals surface area contributed by atoms with Crippen LogP contribution in [0.4, 0.5) is 0 Å². The van der Waals surface area contributed by atoms with Crippen molar-refractivity contribution in [1.82, 2.24) is 15.1 Å². The van der Waals surface area contributed by atoms with Crippen LogP contribution in [0.5, 0.6) is 0 Å². The zero-order valence-corrected chi connectivity index (χ0v) is 11.9. The van der Waals surface area contributed by atoms with Crippen molar-refractivity contribution in [2.24, 2.45) is 24.8 Å². The van der Waals surface area contributed by atoms with Crippen LogP contribution in [-0.4, -0.2) is 33.3 Å². The van der Waals surface area contributed by atoms with Crippen molar-refractivity contribution in [2.75, 3.05) is 6.54 Å². The Balaban J connectivity index is 1.83. The molecule has 1 aliphatic carbocycles. The molecule has 0 aromatic carbocycles. The number of nitrogens with one attached hydrogen (secondary N) is 1. The van der Waals surface area contributed by atoms with Gasteiger partial charge in [-0.3, -0.25) is 14.3 Å². The van der Waals surface area contributed by atoms with Gasteiger partial charge in [-0.05, 0) is 30.7 Å². The van der Waals surface area contributed by atoms with Gasteiger partial charge in [0.15, 0.2) is 0 Å². The summed E-state index contributed by atoms with van der Waals surface area (Å²) >= 11 is 0. The van der Waals surface area contributed by atoms with Crippen LogP contribution in [-0.2, 0) is 23.1 Å². The van der Waals surface area contributed by atoms with Gasteiger partial charge in [-0.2, -0.15) is 5.10 Å². The van der Waals surface area contributed by atoms with Crippen molar-refractivity contribution in [1.29, 1.82) is 0 Å². The monoisotopic (exact) mass is 279 g/mol. The highest BCUT2D eigenvalue weighted by molar-refractivity contribution is 5.85. The SMILES string of the molecule is CC1C[C@H](C(=O)NCCc2cnn(C)c2)[C@H](C(=O)O)C1. The Morgan fingerprint density at radius 3 is 2.75 bits per heavy atom. The quantitative estimate of drug-likeness (QED) is 0.836. The van der Waals surface area contributed by atoms with Gasteiger partial charge in [0.25, 0.3) is 0 Å². The van der Waals surface area contributed by atoms with Gasteiger partial charge in [-0.1, -0.05) is 6.92 Å². The summed E-state index contributed by atoms with van der Waals surface area (Å²) in [6, 6.07) is 0. The van der Waals surface area contributed by atoms with Crippen LogP contribution in [0.1, 0.15) is 25.3 Å². The van der Waals surface area contributed by atoms with Gasteiger partial charge in [0.05, 0.1) is 18.0 Å². The Hall–Kier alpha value is -1.85. The fourth-order valence-corrected chi connectivity index (χ4v) is 2.92. The largest absolute Gasteiger partial charge is 0.481 e. The number of aliphatic carboxylic acids is 1. The van der Waals surface area contributed by atoms with Gasteiger partial charge in [0, 0.05) is 19.8 Å². The summed E-state index contributed by atoms with van der Waals surface area (Å²) < 4.78 is 1.72. The van der Waals surface area contributed by atoms with Crippen LogP contribution in [0.3, 0.4) is 0 Å². The Labute approximate surface area is 118 Å². The fourth-order valence-electron chi connectivity index (χ4n) is 2.92. The number of hydrogen-bond donors (Lipinski definition) is 2. The van der Waals surface area contributed by atoms with Crippen molar-refractivity contribution in [3.05, 3.63) is 18.0 Å². The predicted octanol–water partition coefficient (Wildman–Crippen LogP) is 0.826. The van der Waals surface area contributed by atoms with Crippen LogP contribution in [0.25, 0.3) is 0 Å². The Morgan fingerprint density at radius 1 is 1.45 bits per heavy atom. The minimum absolute atomic E-state index is 0.134. The van der Waals surface area contributed by atoms with E-state index in [9.17, 15) is 9.59 Å². The molecule has 1 heterocycles. The minimum atomic E-state index is -0.859. The molecule has 3 atom stereocenters. The number of rotatable bonds is 5. The molecule has 1 aromatic rings. The molecule has 0 spiro atoms. The molecule has 0 saturated heterocycles. The van der Waals surface area contributed by atoms with Gasteiger partial charge in [0.2, 0.25) is 5.91 Å². The van der Waals surface area contributed by atoms with E-state index in [1.807, 2.05) is 20.2 Å². The summed E-state index contributed by atoms with van der Waals surface area (Å²) in [4.78, 5) is 23.3. The number of aryl methyl sites for hydroxylation is 1. The summed E-state index contributed by atoms with van der Waals surface area (Å²) in [6.07, 6.45) is 5.64. The fraction of sp³-hybridized carbons (Fsp3) is 0.643. The number of carboxylic acid groups (broad SMARTS) is 1. The molecular formula is C14H21N3O3. The maximum Gasteiger partial charge on any atom is 0.307 e. The molecule has 0 aliphatic heterocycles. The van der Waals surface area contributed by atoms with E-state index in [1.165, 1.54) is 0 Å². The van der Waals surface area contributed by atoms with Crippen molar-refractivity contribution in [3.8, 4) is 0 Å². The molecule has 1 aliphatic rings. The average Bonchev–Trinajstić information content (AvgIpc) is 2.95. The van der Waals surface area contributed by atoms with E-state index < -0.39 is 17.8 Å². The highest BCUT2D eigenvalue weighted by Crippen LogP contribution is 2.36. The highest BCUT2D eigenvalue weighted by Gasteiger charge is 2.40. The average molecular weight is 279 g/mol. The number of carbonyl (C=O) groups excluding carboxylic acids is 1. The van der Waals surface area contributed by atoms with Gasteiger partial charge in [-0.15, -0.1) is 0 Å². The summed E-state index contributed by atoms with van der Waals surface area (Å²) in [5, 5.41) is 16.1. The van der Waals surface area contributed by atoms with Gasteiger partial charge >= 0.3 is 5.97 Å². The standard InChI is InChI=1S/C14H21N3O3/c1-9-5-11(12(6-9)14(19)20)13(18)15-4-3-10-7-16-17(2)8-10/h7-9,11-12H,3-6H2,1-2H3,(H,15,18)(H,19,20)/t9?,11-,12+/m0/s1. The molecule has 1 unspecified atom stereocenters. The Morgan fingerprint density at radius 2 is 2.15 bits per heavy atom. The zero-order chi connectivity index (χ0) is 14.7. The lowest BCUT2D eigenvalue weighted by atomic mass is 9.95. The molecule has 20 heavy (non-hydrogen) atoms. The van der Waals surface area contributed by atoms with E-state index >= 15 is 0 Å². The van der Waals surface area contributed by atoms with Crippen molar-refractivity contribution in [3.63, 3.8) is 0 Å². The molecule has 2 rings (SSSR count). The Bertz CT molecular complexity index is 498. The van der Waals surface area contributed by atoms with Gasteiger partial charge in [0.1, 0.15) is 0 Å². The maximum absolute atomic E-state index is 12.1. The van der Waals surface area contributed by atoms with Crippen LogP contribution < -0.4 is 5.32 Å².